The number of aromatic nitrogens is 5. The second kappa shape index (κ2) is 9.94. The second-order valence-electron chi connectivity index (χ2n) is 7.86. The summed E-state index contributed by atoms with van der Waals surface area (Å²) in [7, 11) is 0. The second-order valence-corrected chi connectivity index (χ2v) is 8.78. The summed E-state index contributed by atoms with van der Waals surface area (Å²) in [6, 6.07) is 24.6. The van der Waals surface area contributed by atoms with E-state index in [2.05, 4.69) is 36.2 Å². The zero-order valence-corrected chi connectivity index (χ0v) is 20.1. The molecule has 0 amide bonds. The molecular weight excluding hydrogens is 508 g/mol. The molecule has 0 saturated heterocycles. The summed E-state index contributed by atoms with van der Waals surface area (Å²) in [5.41, 5.74) is 10.4. The summed E-state index contributed by atoms with van der Waals surface area (Å²) >= 11 is 3.44. The van der Waals surface area contributed by atoms with Crippen molar-refractivity contribution >= 4 is 21.9 Å². The molecule has 0 fully saturated rings. The highest BCUT2D eigenvalue weighted by Crippen LogP contribution is 2.33. The number of halogens is 1. The van der Waals surface area contributed by atoms with Crippen molar-refractivity contribution in [3.63, 3.8) is 0 Å². The smallest absolute Gasteiger partial charge is 0.221 e. The maximum absolute atomic E-state index is 10.7. The van der Waals surface area contributed by atoms with Crippen molar-refractivity contribution in [1.82, 2.24) is 25.0 Å². The molecule has 9 heteroatoms. The Kier molecular flexibility index (Phi) is 6.40. The van der Waals surface area contributed by atoms with Crippen LogP contribution in [0.3, 0.4) is 0 Å². The Balaban J connectivity index is 1.28. The Morgan fingerprint density at radius 3 is 2.46 bits per heavy atom. The van der Waals surface area contributed by atoms with Crippen LogP contribution in [-0.2, 0) is 13.2 Å². The molecule has 5 aromatic rings. The highest BCUT2D eigenvalue weighted by molar-refractivity contribution is 9.10. The van der Waals surface area contributed by atoms with E-state index in [0.29, 0.717) is 34.9 Å². The van der Waals surface area contributed by atoms with E-state index in [9.17, 15) is 5.11 Å². The topological polar surface area (TPSA) is 112 Å². The van der Waals surface area contributed by atoms with Gasteiger partial charge in [0.1, 0.15) is 23.8 Å². The van der Waals surface area contributed by atoms with Crippen molar-refractivity contribution in [1.29, 1.82) is 0 Å². The number of benzene rings is 3. The Labute approximate surface area is 210 Å². The lowest BCUT2D eigenvalue weighted by Gasteiger charge is -2.10. The van der Waals surface area contributed by atoms with Crippen molar-refractivity contribution in [3.05, 3.63) is 101 Å². The average Bonchev–Trinajstić information content (AvgIpc) is 3.31. The lowest BCUT2D eigenvalue weighted by Crippen LogP contribution is -2.00. The average molecular weight is 529 g/mol. The lowest BCUT2D eigenvalue weighted by molar-refractivity contribution is 0.299. The van der Waals surface area contributed by atoms with Crippen LogP contribution in [0.2, 0.25) is 0 Å². The number of rotatable bonds is 7. The van der Waals surface area contributed by atoms with Gasteiger partial charge in [-0.2, -0.15) is 0 Å². The zero-order valence-electron chi connectivity index (χ0n) is 18.5. The van der Waals surface area contributed by atoms with Crippen LogP contribution >= 0.6 is 15.9 Å². The standard InChI is InChI=1S/C26H21BrN6O2/c27-19-8-6-17(7-9-19)14-33-15-20(31-32-33)16-35-21-10-11-22(25(34)12-21)24-13-23(29-26(28)30-24)18-4-2-1-3-5-18/h1-13,15,34H,14,16H2,(H2,28,29,30). The van der Waals surface area contributed by atoms with Gasteiger partial charge in [0.05, 0.1) is 24.1 Å². The summed E-state index contributed by atoms with van der Waals surface area (Å²) in [6.45, 7) is 0.834. The van der Waals surface area contributed by atoms with Crippen LogP contribution in [0.25, 0.3) is 22.5 Å². The molecule has 0 aliphatic rings. The molecule has 3 N–H and O–H groups in total. The molecule has 0 spiro atoms. The highest BCUT2D eigenvalue weighted by Gasteiger charge is 2.12. The van der Waals surface area contributed by atoms with E-state index in [1.165, 1.54) is 0 Å². The Morgan fingerprint density at radius 1 is 0.914 bits per heavy atom. The van der Waals surface area contributed by atoms with Gasteiger partial charge in [0.25, 0.3) is 0 Å². The van der Waals surface area contributed by atoms with Crippen molar-refractivity contribution in [2.45, 2.75) is 13.2 Å². The molecule has 2 heterocycles. The largest absolute Gasteiger partial charge is 0.507 e. The number of nitrogen functional groups attached to an aromatic ring is 1. The number of nitrogens with two attached hydrogens (primary N) is 1. The number of ether oxygens (including phenoxy) is 1. The Bertz CT molecular complexity index is 1450. The van der Waals surface area contributed by atoms with Gasteiger partial charge in [-0.25, -0.2) is 14.6 Å². The monoisotopic (exact) mass is 528 g/mol. The molecule has 0 unspecified atom stereocenters. The summed E-state index contributed by atoms with van der Waals surface area (Å²) in [5, 5.41) is 19.0. The number of hydrogen-bond acceptors (Lipinski definition) is 7. The van der Waals surface area contributed by atoms with Gasteiger partial charge in [0.15, 0.2) is 0 Å². The molecular formula is C26H21BrN6O2. The fraction of sp³-hybridized carbons (Fsp3) is 0.0769. The third-order valence-electron chi connectivity index (χ3n) is 5.29. The summed E-state index contributed by atoms with van der Waals surface area (Å²) < 4.78 is 8.61. The molecule has 174 valence electrons. The van der Waals surface area contributed by atoms with Crippen LogP contribution in [-0.4, -0.2) is 30.1 Å². The molecule has 3 aromatic carbocycles. The molecule has 0 aliphatic heterocycles. The van der Waals surface area contributed by atoms with E-state index in [-0.39, 0.29) is 18.3 Å². The van der Waals surface area contributed by atoms with Crippen molar-refractivity contribution in [2.75, 3.05) is 5.73 Å². The first-order chi connectivity index (χ1) is 17.0. The SMILES string of the molecule is Nc1nc(-c2ccccc2)cc(-c2ccc(OCc3cn(Cc4ccc(Br)cc4)nn3)cc2O)n1. The summed E-state index contributed by atoms with van der Waals surface area (Å²) in [6.07, 6.45) is 1.84. The number of phenols is 1. The molecule has 0 bridgehead atoms. The first kappa shape index (κ1) is 22.5. The third kappa shape index (κ3) is 5.47. The third-order valence-corrected chi connectivity index (χ3v) is 5.82. The molecule has 0 saturated carbocycles. The van der Waals surface area contributed by atoms with Crippen LogP contribution in [0.4, 0.5) is 5.95 Å². The number of aromatic hydroxyl groups is 1. The van der Waals surface area contributed by atoms with Crippen LogP contribution in [0, 0.1) is 0 Å². The minimum Gasteiger partial charge on any atom is -0.507 e. The minimum atomic E-state index is 0.0264. The maximum atomic E-state index is 10.7. The molecule has 0 radical (unpaired) electrons. The molecule has 0 aliphatic carbocycles. The van der Waals surface area contributed by atoms with E-state index in [1.807, 2.05) is 60.8 Å². The van der Waals surface area contributed by atoms with Gasteiger partial charge in [-0.05, 0) is 35.9 Å². The number of hydrogen-bond donors (Lipinski definition) is 2. The fourth-order valence-electron chi connectivity index (χ4n) is 3.59. The van der Waals surface area contributed by atoms with E-state index < -0.39 is 0 Å². The van der Waals surface area contributed by atoms with Crippen LogP contribution in [0.15, 0.2) is 89.5 Å². The molecule has 8 nitrogen and oxygen atoms in total. The van der Waals surface area contributed by atoms with Crippen LogP contribution < -0.4 is 10.5 Å². The molecule has 2 aromatic heterocycles. The van der Waals surface area contributed by atoms with Crippen molar-refractivity contribution in [2.24, 2.45) is 0 Å². The predicted molar refractivity (Wildman–Crippen MR) is 137 cm³/mol. The van der Waals surface area contributed by atoms with Gasteiger partial charge in [-0.15, -0.1) is 5.10 Å². The quantitative estimate of drug-likeness (QED) is 0.303. The van der Waals surface area contributed by atoms with E-state index in [1.54, 1.807) is 28.9 Å². The molecule has 35 heavy (non-hydrogen) atoms. The van der Waals surface area contributed by atoms with Gasteiger partial charge in [0, 0.05) is 21.7 Å². The highest BCUT2D eigenvalue weighted by atomic mass is 79.9. The van der Waals surface area contributed by atoms with Crippen LogP contribution in [0.1, 0.15) is 11.3 Å². The van der Waals surface area contributed by atoms with Crippen molar-refractivity contribution < 1.29 is 9.84 Å². The number of anilines is 1. The zero-order chi connectivity index (χ0) is 24.2. The Hall–Kier alpha value is -4.24. The van der Waals surface area contributed by atoms with E-state index in [0.717, 1.165) is 15.6 Å². The normalized spacial score (nSPS) is 10.9. The van der Waals surface area contributed by atoms with E-state index >= 15 is 0 Å². The maximum Gasteiger partial charge on any atom is 0.221 e. The number of phenolic OH excluding ortho intramolecular Hbond substituents is 1. The molecule has 0 atom stereocenters. The lowest BCUT2D eigenvalue weighted by atomic mass is 10.1. The van der Waals surface area contributed by atoms with Gasteiger partial charge >= 0.3 is 0 Å². The van der Waals surface area contributed by atoms with Gasteiger partial charge in [0.2, 0.25) is 5.95 Å². The van der Waals surface area contributed by atoms with Gasteiger partial charge in [-0.3, -0.25) is 0 Å². The summed E-state index contributed by atoms with van der Waals surface area (Å²) in [4.78, 5) is 8.61. The molecule has 5 rings (SSSR count). The minimum absolute atomic E-state index is 0.0264. The van der Waals surface area contributed by atoms with Crippen molar-refractivity contribution in [3.8, 4) is 34.0 Å². The first-order valence-corrected chi connectivity index (χ1v) is 11.6. The van der Waals surface area contributed by atoms with Gasteiger partial charge in [-0.1, -0.05) is 63.6 Å². The first-order valence-electron chi connectivity index (χ1n) is 10.8. The number of nitrogens with zero attached hydrogens (tertiary/aromatic N) is 5. The predicted octanol–water partition coefficient (Wildman–Crippen LogP) is 5.08. The van der Waals surface area contributed by atoms with Gasteiger partial charge < -0.3 is 15.6 Å². The summed E-state index contributed by atoms with van der Waals surface area (Å²) in [5.74, 6) is 0.657. The Morgan fingerprint density at radius 2 is 1.69 bits per heavy atom. The van der Waals surface area contributed by atoms with Crippen LogP contribution in [0.5, 0.6) is 11.5 Å². The fourth-order valence-corrected chi connectivity index (χ4v) is 3.86. The van der Waals surface area contributed by atoms with E-state index in [4.69, 9.17) is 10.5 Å².